The minimum absolute atomic E-state index is 0.0193. The Morgan fingerprint density at radius 1 is 0.946 bits per heavy atom. The minimum Gasteiger partial charge on any atom is -0.337 e. The van der Waals surface area contributed by atoms with E-state index >= 15 is 0 Å². The van der Waals surface area contributed by atoms with E-state index < -0.39 is 10.0 Å². The molecule has 0 saturated carbocycles. The third kappa shape index (κ3) is 5.11. The molecule has 0 fully saturated rings. The fourth-order valence-electron chi connectivity index (χ4n) is 3.74. The van der Waals surface area contributed by atoms with Crippen LogP contribution in [0.3, 0.4) is 0 Å². The molecule has 0 saturated heterocycles. The standard InChI is InChI=1S/C27H21BrN4O4S/c1-16-17(2)31-36-27(16)32-37(34,35)21-13-11-20(12-14-21)29-26(33)23-15-25(18-7-9-19(28)10-8-18)30-24-6-4-3-5-22(23)24/h3-15,32H,1-2H3,(H,29,33). The van der Waals surface area contributed by atoms with Gasteiger partial charge >= 0.3 is 0 Å². The van der Waals surface area contributed by atoms with Gasteiger partial charge in [-0.25, -0.2) is 18.1 Å². The zero-order valence-corrected chi connectivity index (χ0v) is 22.2. The second-order valence-electron chi connectivity index (χ2n) is 8.39. The molecule has 37 heavy (non-hydrogen) atoms. The maximum Gasteiger partial charge on any atom is 0.264 e. The molecule has 0 bridgehead atoms. The summed E-state index contributed by atoms with van der Waals surface area (Å²) in [5, 5.41) is 7.34. The number of aromatic nitrogens is 2. The van der Waals surface area contributed by atoms with E-state index in [2.05, 4.69) is 31.1 Å². The first-order chi connectivity index (χ1) is 17.7. The van der Waals surface area contributed by atoms with E-state index in [-0.39, 0.29) is 16.7 Å². The fraction of sp³-hybridized carbons (Fsp3) is 0.0741. The maximum absolute atomic E-state index is 13.3. The van der Waals surface area contributed by atoms with Crippen LogP contribution in [0.5, 0.6) is 0 Å². The molecule has 5 aromatic rings. The fourth-order valence-corrected chi connectivity index (χ4v) is 5.05. The number of halogens is 1. The van der Waals surface area contributed by atoms with Gasteiger partial charge in [-0.05, 0) is 62.4 Å². The average molecular weight is 577 g/mol. The molecule has 0 spiro atoms. The molecule has 8 nitrogen and oxygen atoms in total. The third-order valence-electron chi connectivity index (χ3n) is 5.91. The lowest BCUT2D eigenvalue weighted by Crippen LogP contribution is -2.15. The first-order valence-corrected chi connectivity index (χ1v) is 13.5. The van der Waals surface area contributed by atoms with E-state index in [1.165, 1.54) is 24.3 Å². The second-order valence-corrected chi connectivity index (χ2v) is 11.0. The van der Waals surface area contributed by atoms with Gasteiger partial charge in [0.25, 0.3) is 15.9 Å². The van der Waals surface area contributed by atoms with Crippen LogP contribution < -0.4 is 10.0 Å². The summed E-state index contributed by atoms with van der Waals surface area (Å²) >= 11 is 3.44. The lowest BCUT2D eigenvalue weighted by Gasteiger charge is -2.11. The van der Waals surface area contributed by atoms with Gasteiger partial charge in [0, 0.05) is 26.7 Å². The van der Waals surface area contributed by atoms with Crippen molar-refractivity contribution >= 4 is 54.3 Å². The van der Waals surface area contributed by atoms with E-state index in [0.717, 1.165) is 10.0 Å². The molecule has 2 heterocycles. The van der Waals surface area contributed by atoms with Gasteiger partial charge < -0.3 is 9.84 Å². The number of nitrogens with zero attached hydrogens (tertiary/aromatic N) is 2. The number of aryl methyl sites for hydroxylation is 1. The maximum atomic E-state index is 13.3. The van der Waals surface area contributed by atoms with Crippen LogP contribution in [0.15, 0.2) is 92.8 Å². The number of hydrogen-bond acceptors (Lipinski definition) is 6. The number of para-hydroxylation sites is 1. The van der Waals surface area contributed by atoms with Crippen molar-refractivity contribution in [1.29, 1.82) is 0 Å². The summed E-state index contributed by atoms with van der Waals surface area (Å²) in [6, 6.07) is 22.8. The number of benzene rings is 3. The molecule has 2 N–H and O–H groups in total. The average Bonchev–Trinajstić information content (AvgIpc) is 3.20. The van der Waals surface area contributed by atoms with Crippen molar-refractivity contribution in [1.82, 2.24) is 10.1 Å². The Morgan fingerprint density at radius 2 is 1.65 bits per heavy atom. The van der Waals surface area contributed by atoms with Gasteiger partial charge in [-0.1, -0.05) is 51.4 Å². The van der Waals surface area contributed by atoms with E-state index in [9.17, 15) is 13.2 Å². The number of amides is 1. The number of sulfonamides is 1. The zero-order chi connectivity index (χ0) is 26.2. The summed E-state index contributed by atoms with van der Waals surface area (Å²) < 4.78 is 33.9. The van der Waals surface area contributed by atoms with Crippen LogP contribution in [0.25, 0.3) is 22.2 Å². The summed E-state index contributed by atoms with van der Waals surface area (Å²) in [6.07, 6.45) is 0. The zero-order valence-electron chi connectivity index (χ0n) is 19.8. The van der Waals surface area contributed by atoms with Crippen molar-refractivity contribution in [3.05, 3.63) is 100 Å². The van der Waals surface area contributed by atoms with Crippen LogP contribution in [-0.4, -0.2) is 24.5 Å². The minimum atomic E-state index is -3.90. The van der Waals surface area contributed by atoms with Crippen LogP contribution >= 0.6 is 15.9 Å². The molecule has 0 radical (unpaired) electrons. The second kappa shape index (κ2) is 9.79. The van der Waals surface area contributed by atoms with Crippen molar-refractivity contribution in [3.8, 4) is 11.3 Å². The molecule has 5 rings (SSSR count). The molecule has 2 aromatic heterocycles. The summed E-state index contributed by atoms with van der Waals surface area (Å²) in [6.45, 7) is 3.44. The van der Waals surface area contributed by atoms with Crippen molar-refractivity contribution in [2.24, 2.45) is 0 Å². The molecule has 1 amide bonds. The first kappa shape index (κ1) is 24.7. The molecule has 0 aliphatic rings. The summed E-state index contributed by atoms with van der Waals surface area (Å²) in [7, 11) is -3.90. The SMILES string of the molecule is Cc1noc(NS(=O)(=O)c2ccc(NC(=O)c3cc(-c4ccc(Br)cc4)nc4ccccc34)cc2)c1C. The molecule has 0 aliphatic carbocycles. The van der Waals surface area contributed by atoms with Crippen LogP contribution in [0.1, 0.15) is 21.6 Å². The van der Waals surface area contributed by atoms with Gasteiger partial charge in [-0.3, -0.25) is 4.79 Å². The third-order valence-corrected chi connectivity index (χ3v) is 7.78. The number of fused-ring (bicyclic) bond motifs is 1. The highest BCUT2D eigenvalue weighted by Crippen LogP contribution is 2.27. The predicted molar refractivity (Wildman–Crippen MR) is 146 cm³/mol. The highest BCUT2D eigenvalue weighted by atomic mass is 79.9. The van der Waals surface area contributed by atoms with E-state index in [4.69, 9.17) is 9.51 Å². The monoisotopic (exact) mass is 576 g/mol. The molecule has 0 unspecified atom stereocenters. The van der Waals surface area contributed by atoms with Gasteiger partial charge in [0.1, 0.15) is 0 Å². The normalized spacial score (nSPS) is 11.4. The highest BCUT2D eigenvalue weighted by Gasteiger charge is 2.20. The Kier molecular flexibility index (Phi) is 6.53. The van der Waals surface area contributed by atoms with E-state index in [1.807, 2.05) is 48.5 Å². The quantitative estimate of drug-likeness (QED) is 0.244. The van der Waals surface area contributed by atoms with Crippen LogP contribution in [0, 0.1) is 13.8 Å². The summed E-state index contributed by atoms with van der Waals surface area (Å²) in [5.74, 6) is -0.264. The van der Waals surface area contributed by atoms with Crippen LogP contribution in [0.4, 0.5) is 11.6 Å². The van der Waals surface area contributed by atoms with Gasteiger partial charge in [-0.15, -0.1) is 0 Å². The van der Waals surface area contributed by atoms with Crippen molar-refractivity contribution < 1.29 is 17.7 Å². The number of nitrogens with one attached hydrogen (secondary N) is 2. The molecule has 0 atom stereocenters. The lowest BCUT2D eigenvalue weighted by atomic mass is 10.0. The number of rotatable bonds is 6. The number of hydrogen-bond donors (Lipinski definition) is 2. The van der Waals surface area contributed by atoms with Gasteiger partial charge in [-0.2, -0.15) is 0 Å². The van der Waals surface area contributed by atoms with Crippen molar-refractivity contribution in [2.75, 3.05) is 10.0 Å². The Labute approximate surface area is 221 Å². The summed E-state index contributed by atoms with van der Waals surface area (Å²) in [5.41, 5.74) is 4.35. The van der Waals surface area contributed by atoms with Gasteiger partial charge in [0.15, 0.2) is 0 Å². The summed E-state index contributed by atoms with van der Waals surface area (Å²) in [4.78, 5) is 18.1. The number of anilines is 2. The predicted octanol–water partition coefficient (Wildman–Crippen LogP) is 6.32. The Morgan fingerprint density at radius 3 is 2.32 bits per heavy atom. The van der Waals surface area contributed by atoms with Gasteiger partial charge in [0.05, 0.1) is 27.4 Å². The van der Waals surface area contributed by atoms with E-state index in [0.29, 0.717) is 39.1 Å². The molecular formula is C27H21BrN4O4S. The van der Waals surface area contributed by atoms with Crippen LogP contribution in [-0.2, 0) is 10.0 Å². The Balaban J connectivity index is 1.41. The number of pyridine rings is 1. The largest absolute Gasteiger partial charge is 0.337 e. The van der Waals surface area contributed by atoms with Crippen LogP contribution in [0.2, 0.25) is 0 Å². The van der Waals surface area contributed by atoms with Gasteiger partial charge in [0.2, 0.25) is 5.88 Å². The number of carbonyl (C=O) groups excluding carboxylic acids is 1. The molecule has 3 aromatic carbocycles. The van der Waals surface area contributed by atoms with Crippen molar-refractivity contribution in [3.63, 3.8) is 0 Å². The molecule has 186 valence electrons. The highest BCUT2D eigenvalue weighted by molar-refractivity contribution is 9.10. The first-order valence-electron chi connectivity index (χ1n) is 11.2. The van der Waals surface area contributed by atoms with E-state index in [1.54, 1.807) is 19.9 Å². The molecule has 10 heteroatoms. The molecule has 0 aliphatic heterocycles. The smallest absolute Gasteiger partial charge is 0.264 e. The topological polar surface area (TPSA) is 114 Å². The molecular weight excluding hydrogens is 556 g/mol. The van der Waals surface area contributed by atoms with Crippen molar-refractivity contribution in [2.45, 2.75) is 18.7 Å². The lowest BCUT2D eigenvalue weighted by molar-refractivity contribution is 0.102. The number of carbonyl (C=O) groups is 1. The Hall–Kier alpha value is -4.02. The Bertz CT molecular complexity index is 1730.